The zero-order valence-corrected chi connectivity index (χ0v) is 14.5. The van der Waals surface area contributed by atoms with E-state index in [-0.39, 0.29) is 23.9 Å². The van der Waals surface area contributed by atoms with Crippen molar-refractivity contribution in [1.82, 2.24) is 19.3 Å². The number of piperazine rings is 1. The smallest absolute Gasteiger partial charge is 0.250 e. The number of nitrogens with zero attached hydrogens (tertiary/aromatic N) is 4. The fourth-order valence-corrected chi connectivity index (χ4v) is 2.86. The molecule has 24 heavy (non-hydrogen) atoms. The van der Waals surface area contributed by atoms with Gasteiger partial charge in [-0.05, 0) is 19.9 Å². The summed E-state index contributed by atoms with van der Waals surface area (Å²) in [6.45, 7) is 8.41. The number of carbonyl (C=O) groups excluding carboxylic acids is 2. The van der Waals surface area contributed by atoms with E-state index >= 15 is 0 Å². The van der Waals surface area contributed by atoms with Crippen LogP contribution in [0.15, 0.2) is 29.2 Å². The van der Waals surface area contributed by atoms with Crippen molar-refractivity contribution in [3.05, 3.63) is 34.7 Å². The summed E-state index contributed by atoms with van der Waals surface area (Å²) in [5.74, 6) is 0.0774. The fourth-order valence-electron chi connectivity index (χ4n) is 2.86. The lowest BCUT2D eigenvalue weighted by molar-refractivity contribution is -0.135. The third-order valence-corrected chi connectivity index (χ3v) is 4.40. The van der Waals surface area contributed by atoms with Crippen LogP contribution < -0.4 is 5.56 Å². The summed E-state index contributed by atoms with van der Waals surface area (Å²) in [5.41, 5.74) is -0.172. The second kappa shape index (κ2) is 8.63. The van der Waals surface area contributed by atoms with Gasteiger partial charge in [-0.25, -0.2) is 0 Å². The minimum absolute atomic E-state index is 0.0574. The normalized spacial score (nSPS) is 15.3. The van der Waals surface area contributed by atoms with E-state index in [1.165, 1.54) is 10.6 Å². The average Bonchev–Trinajstić information content (AvgIpc) is 2.58. The maximum Gasteiger partial charge on any atom is 0.250 e. The van der Waals surface area contributed by atoms with Gasteiger partial charge in [-0.2, -0.15) is 0 Å². The lowest BCUT2D eigenvalue weighted by atomic mass is 10.3. The Morgan fingerprint density at radius 2 is 1.71 bits per heavy atom. The summed E-state index contributed by atoms with van der Waals surface area (Å²) in [7, 11) is 0. The van der Waals surface area contributed by atoms with Crippen LogP contribution in [0.4, 0.5) is 0 Å². The van der Waals surface area contributed by atoms with Crippen LogP contribution in [0.5, 0.6) is 0 Å². The molecule has 1 saturated heterocycles. The van der Waals surface area contributed by atoms with Gasteiger partial charge >= 0.3 is 0 Å². The number of hydrogen-bond donors (Lipinski definition) is 0. The van der Waals surface area contributed by atoms with Gasteiger partial charge in [0.2, 0.25) is 11.8 Å². The van der Waals surface area contributed by atoms with E-state index in [4.69, 9.17) is 0 Å². The molecule has 0 spiro atoms. The van der Waals surface area contributed by atoms with Crippen molar-refractivity contribution in [3.8, 4) is 0 Å². The molecular weight excluding hydrogens is 308 g/mol. The zero-order valence-electron chi connectivity index (χ0n) is 14.5. The first-order valence-electron chi connectivity index (χ1n) is 8.48. The summed E-state index contributed by atoms with van der Waals surface area (Å²) in [4.78, 5) is 41.8. The first-order valence-corrected chi connectivity index (χ1v) is 8.48. The maximum absolute atomic E-state index is 12.3. The summed E-state index contributed by atoms with van der Waals surface area (Å²) < 4.78 is 1.42. The van der Waals surface area contributed by atoms with Gasteiger partial charge in [-0.15, -0.1) is 0 Å². The van der Waals surface area contributed by atoms with E-state index in [0.29, 0.717) is 32.7 Å². The van der Waals surface area contributed by atoms with Gasteiger partial charge in [-0.1, -0.05) is 6.07 Å². The highest BCUT2D eigenvalue weighted by Gasteiger charge is 2.23. The summed E-state index contributed by atoms with van der Waals surface area (Å²) in [6, 6.07) is 4.85. The van der Waals surface area contributed by atoms with E-state index in [0.717, 1.165) is 13.1 Å². The van der Waals surface area contributed by atoms with Crippen LogP contribution in [0.3, 0.4) is 0 Å². The molecule has 0 saturated carbocycles. The summed E-state index contributed by atoms with van der Waals surface area (Å²) in [6.07, 6.45) is 1.62. The SMILES string of the molecule is CCN(CC)C(=O)CN1CCN(C(=O)Cn2ccccc2=O)CC1. The number of likely N-dealkylation sites (N-methyl/N-ethyl adjacent to an activating group) is 1. The maximum atomic E-state index is 12.3. The second-order valence-corrected chi connectivity index (χ2v) is 5.89. The van der Waals surface area contributed by atoms with Crippen molar-refractivity contribution in [1.29, 1.82) is 0 Å². The average molecular weight is 334 g/mol. The Morgan fingerprint density at radius 1 is 1.04 bits per heavy atom. The summed E-state index contributed by atoms with van der Waals surface area (Å²) >= 11 is 0. The van der Waals surface area contributed by atoms with Crippen molar-refractivity contribution in [2.45, 2.75) is 20.4 Å². The molecule has 7 heteroatoms. The number of pyridine rings is 1. The van der Waals surface area contributed by atoms with Crippen molar-refractivity contribution < 1.29 is 9.59 Å². The number of amides is 2. The molecule has 2 heterocycles. The summed E-state index contributed by atoms with van der Waals surface area (Å²) in [5, 5.41) is 0. The van der Waals surface area contributed by atoms with E-state index < -0.39 is 0 Å². The first kappa shape index (κ1) is 18.2. The Kier molecular flexibility index (Phi) is 6.54. The molecule has 1 aliphatic heterocycles. The van der Waals surface area contributed by atoms with Crippen LogP contribution in [0.2, 0.25) is 0 Å². The quantitative estimate of drug-likeness (QED) is 0.726. The molecule has 1 aromatic rings. The molecule has 7 nitrogen and oxygen atoms in total. The highest BCUT2D eigenvalue weighted by Crippen LogP contribution is 2.04. The molecule has 132 valence electrons. The molecule has 0 atom stereocenters. The Hall–Kier alpha value is -2.15. The molecule has 0 radical (unpaired) electrons. The number of aromatic nitrogens is 1. The minimum Gasteiger partial charge on any atom is -0.342 e. The van der Waals surface area contributed by atoms with Gasteiger partial charge in [0.1, 0.15) is 6.54 Å². The molecule has 0 unspecified atom stereocenters. The monoisotopic (exact) mass is 334 g/mol. The fraction of sp³-hybridized carbons (Fsp3) is 0.588. The van der Waals surface area contributed by atoms with E-state index in [9.17, 15) is 14.4 Å². The van der Waals surface area contributed by atoms with E-state index in [2.05, 4.69) is 4.90 Å². The number of hydrogen-bond acceptors (Lipinski definition) is 4. The molecule has 1 aliphatic rings. The third-order valence-electron chi connectivity index (χ3n) is 4.40. The third kappa shape index (κ3) is 4.67. The van der Waals surface area contributed by atoms with E-state index in [1.807, 2.05) is 18.7 Å². The van der Waals surface area contributed by atoms with Crippen LogP contribution in [-0.2, 0) is 16.1 Å². The van der Waals surface area contributed by atoms with Gasteiger partial charge in [0, 0.05) is 51.5 Å². The lowest BCUT2D eigenvalue weighted by Gasteiger charge is -2.35. The largest absolute Gasteiger partial charge is 0.342 e. The van der Waals surface area contributed by atoms with E-state index in [1.54, 1.807) is 23.2 Å². The Balaban J connectivity index is 1.82. The standard InChI is InChI=1S/C17H26N4O3/c1-3-19(4-2)16(23)13-18-9-11-20(12-10-18)17(24)14-21-8-6-5-7-15(21)22/h5-8H,3-4,9-14H2,1-2H3. The molecule has 1 aromatic heterocycles. The topological polar surface area (TPSA) is 65.9 Å². The van der Waals surface area contributed by atoms with Crippen LogP contribution in [0.25, 0.3) is 0 Å². The number of carbonyl (C=O) groups is 2. The molecule has 2 rings (SSSR count). The van der Waals surface area contributed by atoms with Crippen molar-refractivity contribution in [2.24, 2.45) is 0 Å². The van der Waals surface area contributed by atoms with Crippen LogP contribution in [0.1, 0.15) is 13.8 Å². The molecular formula is C17H26N4O3. The Morgan fingerprint density at radius 3 is 2.29 bits per heavy atom. The number of rotatable bonds is 6. The second-order valence-electron chi connectivity index (χ2n) is 5.89. The van der Waals surface area contributed by atoms with Crippen molar-refractivity contribution in [2.75, 3.05) is 45.8 Å². The highest BCUT2D eigenvalue weighted by molar-refractivity contribution is 5.78. The lowest BCUT2D eigenvalue weighted by Crippen LogP contribution is -2.52. The minimum atomic E-state index is -0.172. The molecule has 0 aromatic carbocycles. The Labute approximate surface area is 142 Å². The predicted octanol–water partition coefficient (Wildman–Crippen LogP) is -0.139. The first-order chi connectivity index (χ1) is 11.5. The molecule has 0 bridgehead atoms. The van der Waals surface area contributed by atoms with Crippen molar-refractivity contribution in [3.63, 3.8) is 0 Å². The van der Waals surface area contributed by atoms with Crippen LogP contribution in [-0.4, -0.2) is 76.9 Å². The molecule has 1 fully saturated rings. The zero-order chi connectivity index (χ0) is 17.5. The van der Waals surface area contributed by atoms with Gasteiger partial charge in [0.15, 0.2) is 0 Å². The van der Waals surface area contributed by atoms with Crippen molar-refractivity contribution >= 4 is 11.8 Å². The molecule has 2 amide bonds. The molecule has 0 aliphatic carbocycles. The van der Waals surface area contributed by atoms with Gasteiger partial charge < -0.3 is 14.4 Å². The molecule has 0 N–H and O–H groups in total. The van der Waals surface area contributed by atoms with Gasteiger partial charge in [-0.3, -0.25) is 19.3 Å². The highest BCUT2D eigenvalue weighted by atomic mass is 16.2. The van der Waals surface area contributed by atoms with Crippen LogP contribution in [0, 0.1) is 0 Å². The van der Waals surface area contributed by atoms with Gasteiger partial charge in [0.25, 0.3) is 5.56 Å². The Bertz CT molecular complexity index is 616. The predicted molar refractivity (Wildman–Crippen MR) is 91.7 cm³/mol. The van der Waals surface area contributed by atoms with Crippen LogP contribution >= 0.6 is 0 Å². The van der Waals surface area contributed by atoms with Gasteiger partial charge in [0.05, 0.1) is 6.54 Å².